The second kappa shape index (κ2) is 10.0. The SMILES string of the molecule is C=C/C(=C\N=C)c1ccc(C2(C)N=C(C3CCCN3C(=O)C(c3cc(C)no3)C(C)C)NC2=O)cc1. The first-order valence-electron chi connectivity index (χ1n) is 12.2. The number of nitrogens with one attached hydrogen (secondary N) is 1. The fourth-order valence-corrected chi connectivity index (χ4v) is 5.00. The van der Waals surface area contributed by atoms with Gasteiger partial charge in [-0.25, -0.2) is 4.99 Å². The number of allylic oxidation sites excluding steroid dienone is 2. The lowest BCUT2D eigenvalue weighted by Gasteiger charge is -2.29. The zero-order chi connectivity index (χ0) is 26.0. The average Bonchev–Trinajstić information content (AvgIpc) is 3.57. The highest BCUT2D eigenvalue weighted by atomic mass is 16.5. The van der Waals surface area contributed by atoms with E-state index in [2.05, 4.69) is 28.8 Å². The number of hydrogen-bond donors (Lipinski definition) is 1. The van der Waals surface area contributed by atoms with Crippen molar-refractivity contribution in [2.75, 3.05) is 6.54 Å². The van der Waals surface area contributed by atoms with Crippen LogP contribution in [0.4, 0.5) is 0 Å². The Morgan fingerprint density at radius 1 is 1.33 bits per heavy atom. The zero-order valence-electron chi connectivity index (χ0n) is 21.3. The molecule has 188 valence electrons. The van der Waals surface area contributed by atoms with Crippen LogP contribution in [0, 0.1) is 12.8 Å². The van der Waals surface area contributed by atoms with Crippen molar-refractivity contribution in [1.82, 2.24) is 15.4 Å². The van der Waals surface area contributed by atoms with Gasteiger partial charge in [0.15, 0.2) is 5.54 Å². The quantitative estimate of drug-likeness (QED) is 0.441. The van der Waals surface area contributed by atoms with E-state index in [0.29, 0.717) is 18.1 Å². The lowest BCUT2D eigenvalue weighted by Crippen LogP contribution is -2.48. The third kappa shape index (κ3) is 4.55. The molecule has 0 spiro atoms. The highest BCUT2D eigenvalue weighted by Gasteiger charge is 2.46. The molecule has 1 N–H and O–H groups in total. The van der Waals surface area contributed by atoms with Gasteiger partial charge in [-0.3, -0.25) is 14.6 Å². The fourth-order valence-electron chi connectivity index (χ4n) is 5.00. The minimum atomic E-state index is -1.08. The van der Waals surface area contributed by atoms with Gasteiger partial charge in [0, 0.05) is 18.8 Å². The molecular weight excluding hydrogens is 454 g/mol. The Balaban J connectivity index is 1.61. The van der Waals surface area contributed by atoms with Gasteiger partial charge in [-0.15, -0.1) is 0 Å². The van der Waals surface area contributed by atoms with Crippen LogP contribution in [-0.4, -0.2) is 47.0 Å². The summed E-state index contributed by atoms with van der Waals surface area (Å²) in [5.41, 5.74) is 2.18. The standard InChI is InChI=1S/C28H33N5O3/c1-7-19(16-29-6)20-10-12-21(13-11-20)28(5)27(35)30-25(31-28)22-9-8-14-33(22)26(34)24(17(2)3)23-15-18(4)32-36-23/h7,10-13,15-17,22,24H,1,6,8-9,14H2,2-5H3,(H,30,31,35)/b19-16+. The molecule has 3 unspecified atom stereocenters. The van der Waals surface area contributed by atoms with Gasteiger partial charge in [0.2, 0.25) is 5.91 Å². The molecule has 0 aliphatic carbocycles. The van der Waals surface area contributed by atoms with Crippen molar-refractivity contribution < 1.29 is 14.1 Å². The smallest absolute Gasteiger partial charge is 0.257 e. The molecule has 8 nitrogen and oxygen atoms in total. The van der Waals surface area contributed by atoms with Gasteiger partial charge in [0.1, 0.15) is 17.5 Å². The lowest BCUT2D eigenvalue weighted by atomic mass is 9.91. The van der Waals surface area contributed by atoms with E-state index in [9.17, 15) is 9.59 Å². The summed E-state index contributed by atoms with van der Waals surface area (Å²) in [6, 6.07) is 9.14. The highest BCUT2D eigenvalue weighted by molar-refractivity contribution is 6.11. The molecule has 1 aromatic heterocycles. The molecule has 0 radical (unpaired) electrons. The maximum atomic E-state index is 13.7. The molecular formula is C28H33N5O3. The minimum Gasteiger partial charge on any atom is -0.360 e. The van der Waals surface area contributed by atoms with Gasteiger partial charge in [-0.1, -0.05) is 55.9 Å². The number of nitrogens with zero attached hydrogens (tertiary/aromatic N) is 4. The van der Waals surface area contributed by atoms with E-state index < -0.39 is 11.5 Å². The van der Waals surface area contributed by atoms with E-state index in [0.717, 1.165) is 35.2 Å². The largest absolute Gasteiger partial charge is 0.360 e. The van der Waals surface area contributed by atoms with Crippen LogP contribution in [0.5, 0.6) is 0 Å². The molecule has 2 aliphatic heterocycles. The van der Waals surface area contributed by atoms with E-state index in [1.807, 2.05) is 56.0 Å². The number of aromatic nitrogens is 1. The van der Waals surface area contributed by atoms with Crippen molar-refractivity contribution in [3.8, 4) is 0 Å². The Labute approximate surface area is 211 Å². The number of amides is 2. The summed E-state index contributed by atoms with van der Waals surface area (Å²) in [7, 11) is 0. The van der Waals surface area contributed by atoms with Gasteiger partial charge in [-0.05, 0) is 56.0 Å². The number of likely N-dealkylation sites (tertiary alicyclic amines) is 1. The van der Waals surface area contributed by atoms with Crippen LogP contribution in [0.15, 0.2) is 63.7 Å². The van der Waals surface area contributed by atoms with Crippen LogP contribution in [-0.2, 0) is 15.1 Å². The number of carbonyl (C=O) groups excluding carboxylic acids is 2. The molecule has 0 bridgehead atoms. The van der Waals surface area contributed by atoms with Crippen LogP contribution in [0.2, 0.25) is 0 Å². The molecule has 1 saturated heterocycles. The van der Waals surface area contributed by atoms with E-state index >= 15 is 0 Å². The van der Waals surface area contributed by atoms with E-state index in [-0.39, 0.29) is 23.8 Å². The normalized spacial score (nSPS) is 23.0. The van der Waals surface area contributed by atoms with Crippen molar-refractivity contribution in [1.29, 1.82) is 0 Å². The summed E-state index contributed by atoms with van der Waals surface area (Å²) in [6.07, 6.45) is 4.92. The van der Waals surface area contributed by atoms with Crippen molar-refractivity contribution in [3.63, 3.8) is 0 Å². The maximum Gasteiger partial charge on any atom is 0.257 e. The third-order valence-electron chi connectivity index (χ3n) is 7.00. The van der Waals surface area contributed by atoms with Crippen LogP contribution < -0.4 is 5.32 Å². The summed E-state index contributed by atoms with van der Waals surface area (Å²) in [5.74, 6) is 0.457. The number of aliphatic imine (C=N–C) groups is 2. The number of rotatable bonds is 8. The molecule has 2 aromatic rings. The van der Waals surface area contributed by atoms with E-state index in [1.165, 1.54) is 0 Å². The van der Waals surface area contributed by atoms with Crippen LogP contribution >= 0.6 is 0 Å². The van der Waals surface area contributed by atoms with Gasteiger partial charge in [0.05, 0.1) is 11.7 Å². The summed E-state index contributed by atoms with van der Waals surface area (Å²) in [4.78, 5) is 37.4. The molecule has 36 heavy (non-hydrogen) atoms. The Bertz CT molecular complexity index is 1240. The number of aryl methyl sites for hydroxylation is 1. The number of carbonyl (C=O) groups is 2. The van der Waals surface area contributed by atoms with Crippen molar-refractivity contribution in [2.24, 2.45) is 15.9 Å². The first-order valence-corrected chi connectivity index (χ1v) is 12.2. The van der Waals surface area contributed by atoms with Crippen molar-refractivity contribution in [2.45, 2.75) is 58.0 Å². The summed E-state index contributed by atoms with van der Waals surface area (Å²) in [6.45, 7) is 15.6. The van der Waals surface area contributed by atoms with Gasteiger partial charge < -0.3 is 14.7 Å². The number of benzene rings is 1. The van der Waals surface area contributed by atoms with Gasteiger partial charge in [-0.2, -0.15) is 0 Å². The molecule has 1 fully saturated rings. The predicted molar refractivity (Wildman–Crippen MR) is 141 cm³/mol. The second-order valence-corrected chi connectivity index (χ2v) is 9.85. The topological polar surface area (TPSA) is 100 Å². The van der Waals surface area contributed by atoms with Gasteiger partial charge in [0.25, 0.3) is 5.91 Å². The fraction of sp³-hybridized carbons (Fsp3) is 0.393. The zero-order valence-corrected chi connectivity index (χ0v) is 21.3. The first kappa shape index (κ1) is 25.3. The summed E-state index contributed by atoms with van der Waals surface area (Å²) < 4.78 is 5.47. The first-order chi connectivity index (χ1) is 17.2. The van der Waals surface area contributed by atoms with Crippen LogP contribution in [0.25, 0.3) is 5.57 Å². The summed E-state index contributed by atoms with van der Waals surface area (Å²) in [5, 5.41) is 6.96. The molecule has 2 amide bonds. The van der Waals surface area contributed by atoms with Crippen LogP contribution in [0.3, 0.4) is 0 Å². The Morgan fingerprint density at radius 3 is 2.64 bits per heavy atom. The maximum absolute atomic E-state index is 13.7. The minimum absolute atomic E-state index is 0.0285. The van der Waals surface area contributed by atoms with E-state index in [4.69, 9.17) is 9.52 Å². The average molecular weight is 488 g/mol. The van der Waals surface area contributed by atoms with Crippen LogP contribution in [0.1, 0.15) is 62.1 Å². The molecule has 4 rings (SSSR count). The number of hydrogen-bond acceptors (Lipinski definition) is 6. The Kier molecular flexibility index (Phi) is 7.06. The predicted octanol–water partition coefficient (Wildman–Crippen LogP) is 4.38. The molecule has 8 heteroatoms. The molecule has 1 aromatic carbocycles. The van der Waals surface area contributed by atoms with E-state index in [1.54, 1.807) is 19.2 Å². The number of amidine groups is 1. The Morgan fingerprint density at radius 2 is 2.06 bits per heavy atom. The van der Waals surface area contributed by atoms with Gasteiger partial charge >= 0.3 is 0 Å². The summed E-state index contributed by atoms with van der Waals surface area (Å²) >= 11 is 0. The highest BCUT2D eigenvalue weighted by Crippen LogP contribution is 2.35. The molecule has 3 heterocycles. The van der Waals surface area contributed by atoms with Crippen molar-refractivity contribution in [3.05, 3.63) is 71.8 Å². The second-order valence-electron chi connectivity index (χ2n) is 9.85. The Hall–Kier alpha value is -3.81. The third-order valence-corrected chi connectivity index (χ3v) is 7.00. The molecule has 0 saturated carbocycles. The lowest BCUT2D eigenvalue weighted by molar-refractivity contribution is -0.134. The molecule has 2 aliphatic rings. The molecule has 3 atom stereocenters. The monoisotopic (exact) mass is 487 g/mol. The van der Waals surface area contributed by atoms with Crippen molar-refractivity contribution >= 4 is 29.9 Å².